The van der Waals surface area contributed by atoms with Crippen molar-refractivity contribution >= 4 is 45.9 Å². The summed E-state index contributed by atoms with van der Waals surface area (Å²) in [5.74, 6) is 0.286. The molecule has 0 radical (unpaired) electrons. The molecule has 1 amide bonds. The molecular weight excluding hydrogens is 359 g/mol. The molecule has 0 spiro atoms. The van der Waals surface area contributed by atoms with Gasteiger partial charge in [-0.2, -0.15) is 0 Å². The number of carbonyl (C=O) groups is 1. The van der Waals surface area contributed by atoms with E-state index >= 15 is 0 Å². The Balaban J connectivity index is 0.000000549. The van der Waals surface area contributed by atoms with Crippen LogP contribution >= 0.6 is 23.2 Å². The van der Waals surface area contributed by atoms with Gasteiger partial charge < -0.3 is 5.11 Å². The second-order valence-corrected chi connectivity index (χ2v) is 6.59. The van der Waals surface area contributed by atoms with Gasteiger partial charge in [-0.15, -0.1) is 0 Å². The van der Waals surface area contributed by atoms with E-state index in [2.05, 4.69) is 10.3 Å². The van der Waals surface area contributed by atoms with Crippen molar-refractivity contribution in [2.45, 2.75) is 19.3 Å². The third-order valence-corrected chi connectivity index (χ3v) is 4.11. The first-order chi connectivity index (χ1) is 12.0. The lowest BCUT2D eigenvalue weighted by molar-refractivity contribution is 0.209. The van der Waals surface area contributed by atoms with E-state index in [0.717, 1.165) is 21.9 Å². The molecule has 6 heteroatoms. The summed E-state index contributed by atoms with van der Waals surface area (Å²) in [7, 11) is 0. The van der Waals surface area contributed by atoms with Crippen LogP contribution in [0.15, 0.2) is 48.7 Å². The van der Waals surface area contributed by atoms with Crippen LogP contribution in [0.4, 0.5) is 10.6 Å². The first kappa shape index (κ1) is 17.5. The SMILES string of the molecule is C1CC1.O=C(O)Nc1cc2ccc(-c3cc(Cl)ccc3Cl)cc2cn1. The van der Waals surface area contributed by atoms with E-state index < -0.39 is 6.09 Å². The van der Waals surface area contributed by atoms with Crippen molar-refractivity contribution in [1.29, 1.82) is 0 Å². The number of hydrogen-bond donors (Lipinski definition) is 2. The Kier molecular flexibility index (Phi) is 5.41. The fourth-order valence-electron chi connectivity index (χ4n) is 2.21. The quantitative estimate of drug-likeness (QED) is 0.540. The Morgan fingerprint density at radius 2 is 1.76 bits per heavy atom. The minimum Gasteiger partial charge on any atom is -0.465 e. The number of carboxylic acid groups (broad SMARTS) is 1. The molecule has 2 N–H and O–H groups in total. The van der Waals surface area contributed by atoms with Crippen molar-refractivity contribution in [3.8, 4) is 11.1 Å². The summed E-state index contributed by atoms with van der Waals surface area (Å²) in [5, 5.41) is 13.9. The normalized spacial score (nSPS) is 12.2. The van der Waals surface area contributed by atoms with Gasteiger partial charge in [0.25, 0.3) is 0 Å². The van der Waals surface area contributed by atoms with Gasteiger partial charge in [0.05, 0.1) is 0 Å². The van der Waals surface area contributed by atoms with Crippen molar-refractivity contribution in [3.63, 3.8) is 0 Å². The Labute approximate surface area is 155 Å². The van der Waals surface area contributed by atoms with E-state index in [1.165, 1.54) is 19.3 Å². The Morgan fingerprint density at radius 1 is 1.00 bits per heavy atom. The summed E-state index contributed by atoms with van der Waals surface area (Å²) in [5.41, 5.74) is 1.75. The predicted molar refractivity (Wildman–Crippen MR) is 103 cm³/mol. The standard InChI is InChI=1S/C16H10Cl2N2O2.C3H6/c17-12-3-4-14(18)13(7-12)10-2-1-9-6-15(20-16(21)22)19-8-11(9)5-10;1-2-3-1/h1-8H,(H,19,20)(H,21,22);1-3H2. The molecule has 4 nitrogen and oxygen atoms in total. The van der Waals surface area contributed by atoms with E-state index in [0.29, 0.717) is 10.0 Å². The number of anilines is 1. The first-order valence-electron chi connectivity index (χ1n) is 7.88. The average molecular weight is 375 g/mol. The highest BCUT2D eigenvalue weighted by Crippen LogP contribution is 2.32. The number of aromatic nitrogens is 1. The maximum absolute atomic E-state index is 10.6. The smallest absolute Gasteiger partial charge is 0.410 e. The van der Waals surface area contributed by atoms with Crippen LogP contribution in [-0.2, 0) is 0 Å². The van der Waals surface area contributed by atoms with E-state index in [9.17, 15) is 4.79 Å². The molecule has 2 aromatic carbocycles. The zero-order valence-corrected chi connectivity index (χ0v) is 14.8. The molecule has 1 aromatic heterocycles. The molecule has 0 atom stereocenters. The summed E-state index contributed by atoms with van der Waals surface area (Å²) < 4.78 is 0. The third kappa shape index (κ3) is 4.84. The molecule has 3 aromatic rings. The van der Waals surface area contributed by atoms with Gasteiger partial charge in [-0.1, -0.05) is 54.6 Å². The number of rotatable bonds is 2. The second-order valence-electron chi connectivity index (χ2n) is 5.75. The van der Waals surface area contributed by atoms with Crippen LogP contribution in [0.5, 0.6) is 0 Å². The summed E-state index contributed by atoms with van der Waals surface area (Å²) in [4.78, 5) is 14.7. The topological polar surface area (TPSA) is 62.2 Å². The van der Waals surface area contributed by atoms with Crippen LogP contribution in [0.25, 0.3) is 21.9 Å². The van der Waals surface area contributed by atoms with Gasteiger partial charge in [-0.05, 0) is 41.3 Å². The van der Waals surface area contributed by atoms with E-state index in [4.69, 9.17) is 28.3 Å². The maximum atomic E-state index is 10.6. The van der Waals surface area contributed by atoms with Crippen LogP contribution in [-0.4, -0.2) is 16.2 Å². The zero-order valence-electron chi connectivity index (χ0n) is 13.3. The largest absolute Gasteiger partial charge is 0.465 e. The number of halogens is 2. The number of hydrogen-bond acceptors (Lipinski definition) is 2. The minimum absolute atomic E-state index is 0.286. The lowest BCUT2D eigenvalue weighted by Gasteiger charge is -2.08. The number of amides is 1. The lowest BCUT2D eigenvalue weighted by Crippen LogP contribution is -2.08. The highest BCUT2D eigenvalue weighted by atomic mass is 35.5. The molecule has 1 saturated carbocycles. The van der Waals surface area contributed by atoms with Gasteiger partial charge in [0, 0.05) is 27.2 Å². The van der Waals surface area contributed by atoms with Crippen molar-refractivity contribution in [2.75, 3.05) is 5.32 Å². The number of pyridine rings is 1. The van der Waals surface area contributed by atoms with Crippen molar-refractivity contribution in [3.05, 3.63) is 58.7 Å². The fourth-order valence-corrected chi connectivity index (χ4v) is 2.60. The van der Waals surface area contributed by atoms with Crippen LogP contribution in [0.3, 0.4) is 0 Å². The fraction of sp³-hybridized carbons (Fsp3) is 0.158. The average Bonchev–Trinajstić information content (AvgIpc) is 3.45. The molecule has 1 aliphatic carbocycles. The molecular formula is C19H16Cl2N2O2. The van der Waals surface area contributed by atoms with Gasteiger partial charge >= 0.3 is 6.09 Å². The predicted octanol–water partition coefficient (Wildman–Crippen LogP) is 6.47. The molecule has 0 aliphatic heterocycles. The number of nitrogens with zero attached hydrogens (tertiary/aromatic N) is 1. The van der Waals surface area contributed by atoms with Crippen molar-refractivity contribution in [1.82, 2.24) is 4.98 Å². The molecule has 4 rings (SSSR count). The van der Waals surface area contributed by atoms with E-state index in [-0.39, 0.29) is 5.82 Å². The Morgan fingerprint density at radius 3 is 2.44 bits per heavy atom. The first-order valence-corrected chi connectivity index (χ1v) is 8.64. The highest BCUT2D eigenvalue weighted by Gasteiger charge is 2.07. The van der Waals surface area contributed by atoms with Crippen molar-refractivity contribution < 1.29 is 9.90 Å². The van der Waals surface area contributed by atoms with Crippen LogP contribution in [0.1, 0.15) is 19.3 Å². The molecule has 128 valence electrons. The third-order valence-electron chi connectivity index (χ3n) is 3.55. The maximum Gasteiger partial charge on any atom is 0.410 e. The van der Waals surface area contributed by atoms with Gasteiger partial charge in [0.15, 0.2) is 0 Å². The van der Waals surface area contributed by atoms with E-state index in [1.54, 1.807) is 30.5 Å². The molecule has 1 aliphatic rings. The lowest BCUT2D eigenvalue weighted by atomic mass is 10.0. The number of nitrogens with one attached hydrogen (secondary N) is 1. The number of benzene rings is 2. The molecule has 25 heavy (non-hydrogen) atoms. The molecule has 1 heterocycles. The Bertz CT molecular complexity index is 924. The summed E-state index contributed by atoms with van der Waals surface area (Å²) in [6.07, 6.45) is 4.97. The van der Waals surface area contributed by atoms with Gasteiger partial charge in [-0.3, -0.25) is 5.32 Å². The van der Waals surface area contributed by atoms with Crippen LogP contribution < -0.4 is 5.32 Å². The highest BCUT2D eigenvalue weighted by molar-refractivity contribution is 6.35. The zero-order chi connectivity index (χ0) is 17.8. The summed E-state index contributed by atoms with van der Waals surface area (Å²) in [6.45, 7) is 0. The molecule has 0 unspecified atom stereocenters. The minimum atomic E-state index is -1.14. The Hall–Kier alpha value is -2.30. The summed E-state index contributed by atoms with van der Waals surface area (Å²) >= 11 is 12.2. The van der Waals surface area contributed by atoms with Gasteiger partial charge in [0.2, 0.25) is 0 Å². The molecule has 0 saturated heterocycles. The van der Waals surface area contributed by atoms with Gasteiger partial charge in [-0.25, -0.2) is 9.78 Å². The molecule has 0 bridgehead atoms. The molecule has 1 fully saturated rings. The monoisotopic (exact) mass is 374 g/mol. The number of fused-ring (bicyclic) bond motifs is 1. The van der Waals surface area contributed by atoms with E-state index in [1.807, 2.05) is 18.2 Å². The second kappa shape index (κ2) is 7.72. The van der Waals surface area contributed by atoms with Crippen LogP contribution in [0, 0.1) is 0 Å². The van der Waals surface area contributed by atoms with Crippen LogP contribution in [0.2, 0.25) is 10.0 Å². The van der Waals surface area contributed by atoms with Crippen molar-refractivity contribution in [2.24, 2.45) is 0 Å². The van der Waals surface area contributed by atoms with Gasteiger partial charge in [0.1, 0.15) is 5.82 Å². The summed E-state index contributed by atoms with van der Waals surface area (Å²) in [6, 6.07) is 12.7.